The zero-order valence-electron chi connectivity index (χ0n) is 16.4. The zero-order valence-corrected chi connectivity index (χ0v) is 16.4. The molecule has 0 aromatic rings. The number of nitrogens with one attached hydrogen (secondary N) is 1. The first kappa shape index (κ1) is 22.1. The number of carbonyl (C=O) groups is 1. The molecular formula is C17H37N3O3. The molecule has 0 atom stereocenters. The van der Waals surface area contributed by atoms with Crippen molar-refractivity contribution in [1.29, 1.82) is 0 Å². The van der Waals surface area contributed by atoms with Crippen LogP contribution in [-0.4, -0.2) is 80.5 Å². The molecular weight excluding hydrogens is 294 g/mol. The fraction of sp³-hybridized carbons (Fsp3) is 0.941. The Bertz CT molecular complexity index is 333. The van der Waals surface area contributed by atoms with Crippen LogP contribution in [0.1, 0.15) is 41.5 Å². The maximum absolute atomic E-state index is 12.3. The lowest BCUT2D eigenvalue weighted by Crippen LogP contribution is -2.50. The van der Waals surface area contributed by atoms with Gasteiger partial charge in [0.25, 0.3) is 0 Å². The van der Waals surface area contributed by atoms with Crippen LogP contribution >= 0.6 is 0 Å². The number of hydrogen-bond donors (Lipinski definition) is 1. The standard InChI is InChI=1S/C17H37N3O3/c1-16(2,3)20(15(21)23-17(4,5)6)11-9-18-10-13-22-14-12-19(7)8/h18H,9-14H2,1-8H3. The molecule has 0 spiro atoms. The van der Waals surface area contributed by atoms with Gasteiger partial charge in [0.05, 0.1) is 13.2 Å². The molecule has 0 aromatic carbocycles. The smallest absolute Gasteiger partial charge is 0.410 e. The highest BCUT2D eigenvalue weighted by Gasteiger charge is 2.30. The summed E-state index contributed by atoms with van der Waals surface area (Å²) >= 11 is 0. The molecule has 0 aromatic heterocycles. The predicted octanol–water partition coefficient (Wildman–Crippen LogP) is 2.19. The average Bonchev–Trinajstić information content (AvgIpc) is 2.32. The van der Waals surface area contributed by atoms with Gasteiger partial charge in [0.1, 0.15) is 5.60 Å². The second kappa shape index (κ2) is 10.1. The molecule has 0 aliphatic heterocycles. The summed E-state index contributed by atoms with van der Waals surface area (Å²) in [6.45, 7) is 16.1. The minimum absolute atomic E-state index is 0.269. The van der Waals surface area contributed by atoms with Crippen LogP contribution in [0.25, 0.3) is 0 Å². The van der Waals surface area contributed by atoms with Gasteiger partial charge in [-0.3, -0.25) is 0 Å². The van der Waals surface area contributed by atoms with Crippen molar-refractivity contribution in [3.05, 3.63) is 0 Å². The lowest BCUT2D eigenvalue weighted by Gasteiger charge is -2.36. The molecule has 138 valence electrons. The summed E-state index contributed by atoms with van der Waals surface area (Å²) < 4.78 is 11.0. The maximum atomic E-state index is 12.3. The molecule has 23 heavy (non-hydrogen) atoms. The monoisotopic (exact) mass is 331 g/mol. The van der Waals surface area contributed by atoms with Gasteiger partial charge in [0.15, 0.2) is 0 Å². The van der Waals surface area contributed by atoms with Crippen molar-refractivity contribution in [2.45, 2.75) is 52.7 Å². The lowest BCUT2D eigenvalue weighted by molar-refractivity contribution is 0.00654. The van der Waals surface area contributed by atoms with E-state index in [0.29, 0.717) is 19.7 Å². The first-order chi connectivity index (χ1) is 10.4. The third kappa shape index (κ3) is 12.3. The van der Waals surface area contributed by atoms with Crippen molar-refractivity contribution in [3.8, 4) is 0 Å². The van der Waals surface area contributed by atoms with Gasteiger partial charge in [-0.1, -0.05) is 0 Å². The van der Waals surface area contributed by atoms with E-state index in [2.05, 4.69) is 10.2 Å². The second-order valence-electron chi connectivity index (χ2n) is 7.97. The average molecular weight is 332 g/mol. The van der Waals surface area contributed by atoms with Crippen LogP contribution in [-0.2, 0) is 9.47 Å². The number of ether oxygens (including phenoxy) is 2. The van der Waals surface area contributed by atoms with Crippen LogP contribution in [0.5, 0.6) is 0 Å². The van der Waals surface area contributed by atoms with Crippen molar-refractivity contribution in [1.82, 2.24) is 15.1 Å². The molecule has 6 heteroatoms. The first-order valence-electron chi connectivity index (χ1n) is 8.37. The van der Waals surface area contributed by atoms with E-state index in [4.69, 9.17) is 9.47 Å². The second-order valence-corrected chi connectivity index (χ2v) is 7.97. The predicted molar refractivity (Wildman–Crippen MR) is 94.9 cm³/mol. The normalized spacial score (nSPS) is 12.6. The summed E-state index contributed by atoms with van der Waals surface area (Å²) in [4.78, 5) is 16.2. The Morgan fingerprint density at radius 1 is 0.957 bits per heavy atom. The largest absolute Gasteiger partial charge is 0.444 e. The molecule has 0 fully saturated rings. The fourth-order valence-electron chi connectivity index (χ4n) is 1.83. The zero-order chi connectivity index (χ0) is 18.1. The van der Waals surface area contributed by atoms with E-state index >= 15 is 0 Å². The Balaban J connectivity index is 4.07. The number of carbonyl (C=O) groups excluding carboxylic acids is 1. The molecule has 1 amide bonds. The molecule has 0 rings (SSSR count). The quantitative estimate of drug-likeness (QED) is 0.656. The number of likely N-dealkylation sites (N-methyl/N-ethyl adjacent to an activating group) is 1. The Morgan fingerprint density at radius 2 is 1.57 bits per heavy atom. The van der Waals surface area contributed by atoms with Gasteiger partial charge in [-0.05, 0) is 55.6 Å². The van der Waals surface area contributed by atoms with E-state index in [-0.39, 0.29) is 11.6 Å². The summed E-state index contributed by atoms with van der Waals surface area (Å²) in [6, 6.07) is 0. The van der Waals surface area contributed by atoms with Crippen LogP contribution in [0.2, 0.25) is 0 Å². The van der Waals surface area contributed by atoms with Crippen molar-refractivity contribution >= 4 is 6.09 Å². The van der Waals surface area contributed by atoms with Gasteiger partial charge < -0.3 is 24.6 Å². The molecule has 0 bridgehead atoms. The number of amides is 1. The van der Waals surface area contributed by atoms with Gasteiger partial charge in [-0.25, -0.2) is 4.79 Å². The van der Waals surface area contributed by atoms with Crippen LogP contribution in [0, 0.1) is 0 Å². The summed E-state index contributed by atoms with van der Waals surface area (Å²) in [5.41, 5.74) is -0.749. The van der Waals surface area contributed by atoms with Gasteiger partial charge in [-0.2, -0.15) is 0 Å². The van der Waals surface area contributed by atoms with Gasteiger partial charge in [0.2, 0.25) is 0 Å². The Hall–Kier alpha value is -0.850. The topological polar surface area (TPSA) is 54.0 Å². The van der Waals surface area contributed by atoms with E-state index in [9.17, 15) is 4.79 Å². The minimum atomic E-state index is -0.478. The molecule has 0 saturated carbocycles. The maximum Gasteiger partial charge on any atom is 0.410 e. The molecule has 0 aliphatic carbocycles. The van der Waals surface area contributed by atoms with Crippen LogP contribution in [0.15, 0.2) is 0 Å². The molecule has 6 nitrogen and oxygen atoms in total. The van der Waals surface area contributed by atoms with Crippen LogP contribution in [0.3, 0.4) is 0 Å². The van der Waals surface area contributed by atoms with Crippen molar-refractivity contribution in [2.24, 2.45) is 0 Å². The summed E-state index contributed by atoms with van der Waals surface area (Å²) in [6.07, 6.45) is -0.269. The molecule has 0 aliphatic rings. The van der Waals surface area contributed by atoms with Crippen molar-refractivity contribution in [2.75, 3.05) is 53.5 Å². The van der Waals surface area contributed by atoms with Crippen molar-refractivity contribution in [3.63, 3.8) is 0 Å². The molecule has 0 radical (unpaired) electrons. The SMILES string of the molecule is CN(C)CCOCCNCCN(C(=O)OC(C)(C)C)C(C)(C)C. The molecule has 0 saturated heterocycles. The Kier molecular flexibility index (Phi) is 9.73. The molecule has 0 heterocycles. The van der Waals surface area contributed by atoms with E-state index in [0.717, 1.165) is 19.7 Å². The summed E-state index contributed by atoms with van der Waals surface area (Å²) in [7, 11) is 4.05. The van der Waals surface area contributed by atoms with Crippen LogP contribution in [0.4, 0.5) is 4.79 Å². The van der Waals surface area contributed by atoms with Gasteiger partial charge in [0, 0.05) is 31.7 Å². The lowest BCUT2D eigenvalue weighted by atomic mass is 10.1. The fourth-order valence-corrected chi connectivity index (χ4v) is 1.83. The van der Waals surface area contributed by atoms with E-state index < -0.39 is 5.60 Å². The Labute approximate surface area is 142 Å². The molecule has 1 N–H and O–H groups in total. The van der Waals surface area contributed by atoms with Crippen LogP contribution < -0.4 is 5.32 Å². The number of hydrogen-bond acceptors (Lipinski definition) is 5. The minimum Gasteiger partial charge on any atom is -0.444 e. The highest BCUT2D eigenvalue weighted by Crippen LogP contribution is 2.17. The van der Waals surface area contributed by atoms with E-state index in [1.165, 1.54) is 0 Å². The first-order valence-corrected chi connectivity index (χ1v) is 8.37. The van der Waals surface area contributed by atoms with E-state index in [1.54, 1.807) is 4.90 Å². The highest BCUT2D eigenvalue weighted by molar-refractivity contribution is 5.69. The Morgan fingerprint density at radius 3 is 2.04 bits per heavy atom. The number of rotatable bonds is 9. The summed E-state index contributed by atoms with van der Waals surface area (Å²) in [5, 5.41) is 3.31. The molecule has 0 unspecified atom stereocenters. The van der Waals surface area contributed by atoms with Gasteiger partial charge >= 0.3 is 6.09 Å². The third-order valence-corrected chi connectivity index (χ3v) is 3.04. The summed E-state index contributed by atoms with van der Waals surface area (Å²) in [5.74, 6) is 0. The number of nitrogens with zero attached hydrogens (tertiary/aromatic N) is 2. The highest BCUT2D eigenvalue weighted by atomic mass is 16.6. The van der Waals surface area contributed by atoms with Crippen molar-refractivity contribution < 1.29 is 14.3 Å². The van der Waals surface area contributed by atoms with E-state index in [1.807, 2.05) is 55.6 Å². The van der Waals surface area contributed by atoms with Gasteiger partial charge in [-0.15, -0.1) is 0 Å². The third-order valence-electron chi connectivity index (χ3n) is 3.04.